The lowest BCUT2D eigenvalue weighted by Gasteiger charge is -2.25. The van der Waals surface area contributed by atoms with Crippen molar-refractivity contribution in [1.82, 2.24) is 0 Å². The quantitative estimate of drug-likeness (QED) is 0.471. The number of hydrogen-bond donors (Lipinski definition) is 4. The Hall–Kier alpha value is -2.89. The summed E-state index contributed by atoms with van der Waals surface area (Å²) in [7, 11) is 0. The Morgan fingerprint density at radius 2 is 1.67 bits per heavy atom. The van der Waals surface area contributed by atoms with Crippen molar-refractivity contribution in [1.29, 1.82) is 0 Å². The minimum Gasteiger partial charge on any atom is -0.508 e. The molecule has 1 aliphatic rings. The van der Waals surface area contributed by atoms with Gasteiger partial charge in [0.2, 0.25) is 0 Å². The van der Waals surface area contributed by atoms with Gasteiger partial charge >= 0.3 is 0 Å². The molecule has 6 nitrogen and oxygen atoms in total. The topological polar surface area (TPSA) is 107 Å². The standard InChI is InChI=1S/C15H12O6/c16-7-1-2-8-14(3-7)21-6-10(15(8)20)9-4-12(18)13(19)5-11(9)17/h1-5,10,16-19H,6H2/t10-/m1/s1. The van der Waals surface area contributed by atoms with Crippen LogP contribution in [0.2, 0.25) is 0 Å². The van der Waals surface area contributed by atoms with Gasteiger partial charge in [0.05, 0.1) is 11.5 Å². The van der Waals surface area contributed by atoms with Gasteiger partial charge in [-0.15, -0.1) is 0 Å². The normalized spacial score (nSPS) is 17.1. The first-order chi connectivity index (χ1) is 9.97. The molecule has 1 heterocycles. The van der Waals surface area contributed by atoms with Crippen molar-refractivity contribution in [2.75, 3.05) is 6.61 Å². The van der Waals surface area contributed by atoms with E-state index in [2.05, 4.69) is 0 Å². The van der Waals surface area contributed by atoms with Gasteiger partial charge in [-0.25, -0.2) is 0 Å². The molecule has 2 aromatic rings. The average Bonchev–Trinajstić information content (AvgIpc) is 2.44. The van der Waals surface area contributed by atoms with Crippen LogP contribution in [0.15, 0.2) is 30.3 Å². The molecule has 0 aromatic heterocycles. The van der Waals surface area contributed by atoms with Crippen LogP contribution in [0.1, 0.15) is 21.8 Å². The lowest BCUT2D eigenvalue weighted by Crippen LogP contribution is -2.26. The van der Waals surface area contributed by atoms with E-state index in [1.54, 1.807) is 0 Å². The number of carbonyl (C=O) groups excluding carboxylic acids is 1. The Morgan fingerprint density at radius 3 is 2.43 bits per heavy atom. The highest BCUT2D eigenvalue weighted by molar-refractivity contribution is 6.04. The van der Waals surface area contributed by atoms with Gasteiger partial charge < -0.3 is 25.2 Å². The number of rotatable bonds is 1. The van der Waals surface area contributed by atoms with E-state index in [1.165, 1.54) is 18.2 Å². The molecule has 0 bridgehead atoms. The first-order valence-electron chi connectivity index (χ1n) is 6.22. The van der Waals surface area contributed by atoms with Crippen LogP contribution < -0.4 is 4.74 Å². The lowest BCUT2D eigenvalue weighted by atomic mass is 9.88. The molecule has 0 spiro atoms. The third kappa shape index (κ3) is 2.10. The Labute approximate surface area is 119 Å². The molecule has 0 fully saturated rings. The van der Waals surface area contributed by atoms with E-state index in [1.807, 2.05) is 0 Å². The number of ether oxygens (including phenoxy) is 1. The van der Waals surface area contributed by atoms with Crippen LogP contribution in [0.4, 0.5) is 0 Å². The second-order valence-corrected chi connectivity index (χ2v) is 4.81. The summed E-state index contributed by atoms with van der Waals surface area (Å²) in [5.41, 5.74) is 0.463. The van der Waals surface area contributed by atoms with Gasteiger partial charge in [0.15, 0.2) is 17.3 Å². The zero-order valence-corrected chi connectivity index (χ0v) is 10.8. The number of carbonyl (C=O) groups is 1. The van der Waals surface area contributed by atoms with Crippen molar-refractivity contribution >= 4 is 5.78 Å². The molecule has 0 radical (unpaired) electrons. The lowest BCUT2D eigenvalue weighted by molar-refractivity contribution is 0.0894. The van der Waals surface area contributed by atoms with Crippen LogP contribution >= 0.6 is 0 Å². The second kappa shape index (κ2) is 4.59. The second-order valence-electron chi connectivity index (χ2n) is 4.81. The fraction of sp³-hybridized carbons (Fsp3) is 0.133. The van der Waals surface area contributed by atoms with Gasteiger partial charge in [0.1, 0.15) is 23.9 Å². The van der Waals surface area contributed by atoms with Crippen LogP contribution in [0, 0.1) is 0 Å². The molecule has 0 saturated heterocycles. The minimum absolute atomic E-state index is 0.00914. The van der Waals surface area contributed by atoms with Crippen molar-refractivity contribution in [3.63, 3.8) is 0 Å². The van der Waals surface area contributed by atoms with E-state index in [-0.39, 0.29) is 40.8 Å². The first-order valence-corrected chi connectivity index (χ1v) is 6.22. The first kappa shape index (κ1) is 13.1. The number of ketones is 1. The number of Topliss-reactive ketones (excluding diaryl/α,β-unsaturated/α-hetero) is 1. The number of phenolic OH excluding ortho intramolecular Hbond substituents is 4. The van der Waals surface area contributed by atoms with E-state index < -0.39 is 17.4 Å². The molecule has 1 atom stereocenters. The van der Waals surface area contributed by atoms with E-state index in [4.69, 9.17) is 4.74 Å². The zero-order valence-electron chi connectivity index (χ0n) is 10.8. The maximum Gasteiger partial charge on any atom is 0.177 e. The summed E-state index contributed by atoms with van der Waals surface area (Å²) >= 11 is 0. The molecule has 0 unspecified atom stereocenters. The Balaban J connectivity index is 2.04. The Morgan fingerprint density at radius 1 is 0.952 bits per heavy atom. The summed E-state index contributed by atoms with van der Waals surface area (Å²) in [6, 6.07) is 6.27. The van der Waals surface area contributed by atoms with Crippen LogP contribution in [-0.2, 0) is 0 Å². The van der Waals surface area contributed by atoms with Gasteiger partial charge in [-0.05, 0) is 18.2 Å². The molecule has 6 heteroatoms. The highest BCUT2D eigenvalue weighted by Crippen LogP contribution is 2.41. The number of fused-ring (bicyclic) bond motifs is 1. The van der Waals surface area contributed by atoms with Crippen molar-refractivity contribution in [2.45, 2.75) is 5.92 Å². The third-order valence-electron chi connectivity index (χ3n) is 3.45. The summed E-state index contributed by atoms with van der Waals surface area (Å²) in [5.74, 6) is -2.01. The fourth-order valence-electron chi connectivity index (χ4n) is 2.36. The molecule has 2 aromatic carbocycles. The molecule has 0 aliphatic carbocycles. The number of hydrogen-bond acceptors (Lipinski definition) is 6. The van der Waals surface area contributed by atoms with E-state index >= 15 is 0 Å². The van der Waals surface area contributed by atoms with Crippen molar-refractivity contribution in [3.05, 3.63) is 41.5 Å². The maximum atomic E-state index is 12.5. The number of aromatic hydroxyl groups is 4. The molecule has 0 amide bonds. The SMILES string of the molecule is O=C1c2ccc(O)cc2OC[C@@H]1c1cc(O)c(O)cc1O. The molecular formula is C15H12O6. The molecule has 1 aliphatic heterocycles. The predicted octanol–water partition coefficient (Wildman–Crippen LogP) is 1.87. The van der Waals surface area contributed by atoms with Crippen LogP contribution in [0.5, 0.6) is 28.7 Å². The van der Waals surface area contributed by atoms with Gasteiger partial charge in [0.25, 0.3) is 0 Å². The van der Waals surface area contributed by atoms with E-state index in [9.17, 15) is 25.2 Å². The summed E-state index contributed by atoms with van der Waals surface area (Å²) in [6.45, 7) is -0.0347. The minimum atomic E-state index is -0.798. The maximum absolute atomic E-state index is 12.5. The van der Waals surface area contributed by atoms with Crippen LogP contribution in [-0.4, -0.2) is 32.8 Å². The highest BCUT2D eigenvalue weighted by Gasteiger charge is 2.32. The molecule has 3 rings (SSSR count). The van der Waals surface area contributed by atoms with E-state index in [0.29, 0.717) is 0 Å². The smallest absolute Gasteiger partial charge is 0.177 e. The van der Waals surface area contributed by atoms with Gasteiger partial charge in [0, 0.05) is 17.7 Å². The summed E-state index contributed by atoms with van der Waals surface area (Å²) in [4.78, 5) is 12.5. The molecule has 21 heavy (non-hydrogen) atoms. The largest absolute Gasteiger partial charge is 0.508 e. The molecular weight excluding hydrogens is 276 g/mol. The third-order valence-corrected chi connectivity index (χ3v) is 3.45. The monoisotopic (exact) mass is 288 g/mol. The Kier molecular flexibility index (Phi) is 2.86. The van der Waals surface area contributed by atoms with Crippen molar-refractivity contribution in [3.8, 4) is 28.7 Å². The van der Waals surface area contributed by atoms with Gasteiger partial charge in [-0.1, -0.05) is 0 Å². The highest BCUT2D eigenvalue weighted by atomic mass is 16.5. The van der Waals surface area contributed by atoms with Crippen LogP contribution in [0.3, 0.4) is 0 Å². The number of benzene rings is 2. The van der Waals surface area contributed by atoms with E-state index in [0.717, 1.165) is 12.1 Å². The summed E-state index contributed by atoms with van der Waals surface area (Å²) in [5, 5.41) is 38.1. The fourth-order valence-corrected chi connectivity index (χ4v) is 2.36. The van der Waals surface area contributed by atoms with Crippen LogP contribution in [0.25, 0.3) is 0 Å². The van der Waals surface area contributed by atoms with Crippen molar-refractivity contribution < 1.29 is 30.0 Å². The molecule has 4 N–H and O–H groups in total. The number of phenols is 4. The van der Waals surface area contributed by atoms with Crippen molar-refractivity contribution in [2.24, 2.45) is 0 Å². The van der Waals surface area contributed by atoms with Gasteiger partial charge in [-0.3, -0.25) is 4.79 Å². The Bertz CT molecular complexity index is 737. The average molecular weight is 288 g/mol. The predicted molar refractivity (Wildman–Crippen MR) is 72.1 cm³/mol. The summed E-state index contributed by atoms with van der Waals surface area (Å²) in [6.07, 6.45) is 0. The molecule has 108 valence electrons. The molecule has 0 saturated carbocycles. The summed E-state index contributed by atoms with van der Waals surface area (Å²) < 4.78 is 5.43. The zero-order chi connectivity index (χ0) is 15.1. The van der Waals surface area contributed by atoms with Gasteiger partial charge in [-0.2, -0.15) is 0 Å².